The van der Waals surface area contributed by atoms with Gasteiger partial charge in [-0.05, 0) is 30.7 Å². The maximum absolute atomic E-state index is 14.4. The molecule has 0 radical (unpaired) electrons. The quantitative estimate of drug-likeness (QED) is 0.418. The van der Waals surface area contributed by atoms with Crippen molar-refractivity contribution < 1.29 is 18.8 Å². The third kappa shape index (κ3) is 4.34. The Bertz CT molecular complexity index is 1550. The van der Waals surface area contributed by atoms with Crippen molar-refractivity contribution in [2.45, 2.75) is 25.7 Å². The summed E-state index contributed by atoms with van der Waals surface area (Å²) in [5, 5.41) is 30.5. The Morgan fingerprint density at radius 1 is 1.31 bits per heavy atom. The van der Waals surface area contributed by atoms with Crippen molar-refractivity contribution in [2.24, 2.45) is 14.1 Å². The first-order chi connectivity index (χ1) is 17.1. The second-order valence-corrected chi connectivity index (χ2v) is 8.35. The monoisotopic (exact) mass is 491 g/mol. The van der Waals surface area contributed by atoms with E-state index in [0.29, 0.717) is 16.8 Å². The van der Waals surface area contributed by atoms with Crippen molar-refractivity contribution in [2.75, 3.05) is 5.32 Å². The maximum Gasteiger partial charge on any atom is 0.296 e. The van der Waals surface area contributed by atoms with E-state index in [0.717, 1.165) is 4.57 Å². The summed E-state index contributed by atoms with van der Waals surface area (Å²) in [5.74, 6) is -3.42. The molecule has 0 saturated carbocycles. The van der Waals surface area contributed by atoms with Crippen LogP contribution in [0.1, 0.15) is 57.5 Å². The number of rotatable bonds is 6. The SMILES string of the molecule is Cc1nn(C)cc1[C@H](c1cc(F)ccc1C#N)[C@@H](C)c1nc(C(=O)Nc2cnoc2)c(O)c(=O)n1C. The minimum Gasteiger partial charge on any atom is -0.501 e. The van der Waals surface area contributed by atoms with Crippen LogP contribution in [0.2, 0.25) is 0 Å². The summed E-state index contributed by atoms with van der Waals surface area (Å²) < 4.78 is 21.8. The van der Waals surface area contributed by atoms with Crippen LogP contribution in [0, 0.1) is 24.1 Å². The molecule has 1 amide bonds. The Labute approximate surface area is 204 Å². The summed E-state index contributed by atoms with van der Waals surface area (Å²) in [6.45, 7) is 3.52. The summed E-state index contributed by atoms with van der Waals surface area (Å²) in [4.78, 5) is 30.1. The molecule has 12 heteroatoms. The van der Waals surface area contributed by atoms with E-state index in [-0.39, 0.29) is 17.1 Å². The van der Waals surface area contributed by atoms with Gasteiger partial charge in [0.05, 0.1) is 23.5 Å². The van der Waals surface area contributed by atoms with Crippen molar-refractivity contribution in [3.05, 3.63) is 86.9 Å². The minimum atomic E-state index is -0.848. The van der Waals surface area contributed by atoms with Gasteiger partial charge in [0.25, 0.3) is 11.5 Å². The third-order valence-corrected chi connectivity index (χ3v) is 5.97. The van der Waals surface area contributed by atoms with Crippen molar-refractivity contribution in [3.8, 4) is 11.8 Å². The number of aryl methyl sites for hydroxylation is 2. The Balaban J connectivity index is 1.91. The van der Waals surface area contributed by atoms with Gasteiger partial charge in [-0.15, -0.1) is 0 Å². The Kier molecular flexibility index (Phi) is 6.39. The molecule has 3 heterocycles. The summed E-state index contributed by atoms with van der Waals surface area (Å²) in [6.07, 6.45) is 4.17. The van der Waals surface area contributed by atoms with Gasteiger partial charge < -0.3 is 14.9 Å². The molecule has 4 aromatic rings. The second-order valence-electron chi connectivity index (χ2n) is 8.35. The molecule has 0 bridgehead atoms. The Morgan fingerprint density at radius 2 is 2.06 bits per heavy atom. The number of aromatic nitrogens is 5. The number of hydrogen-bond donors (Lipinski definition) is 2. The number of carbonyl (C=O) groups excluding carboxylic acids is 1. The fourth-order valence-electron chi connectivity index (χ4n) is 4.30. The number of benzene rings is 1. The van der Waals surface area contributed by atoms with Gasteiger partial charge in [-0.1, -0.05) is 12.1 Å². The fourth-order valence-corrected chi connectivity index (χ4v) is 4.30. The van der Waals surface area contributed by atoms with E-state index in [9.17, 15) is 24.3 Å². The van der Waals surface area contributed by atoms with Gasteiger partial charge in [0.1, 0.15) is 23.6 Å². The largest absolute Gasteiger partial charge is 0.501 e. The molecule has 1 aromatic carbocycles. The molecule has 11 nitrogen and oxygen atoms in total. The van der Waals surface area contributed by atoms with E-state index < -0.39 is 40.6 Å². The highest BCUT2D eigenvalue weighted by molar-refractivity contribution is 6.04. The molecular weight excluding hydrogens is 469 g/mol. The third-order valence-electron chi connectivity index (χ3n) is 5.97. The summed E-state index contributed by atoms with van der Waals surface area (Å²) in [7, 11) is 3.14. The van der Waals surface area contributed by atoms with Crippen LogP contribution in [-0.2, 0) is 14.1 Å². The average Bonchev–Trinajstić information content (AvgIpc) is 3.46. The van der Waals surface area contributed by atoms with E-state index in [1.165, 1.54) is 37.7 Å². The minimum absolute atomic E-state index is 0.134. The van der Waals surface area contributed by atoms with Crippen LogP contribution in [0.3, 0.4) is 0 Å². The predicted molar refractivity (Wildman–Crippen MR) is 125 cm³/mol. The summed E-state index contributed by atoms with van der Waals surface area (Å²) in [5.41, 5.74) is 0.802. The van der Waals surface area contributed by atoms with E-state index in [1.807, 2.05) is 0 Å². The van der Waals surface area contributed by atoms with Crippen LogP contribution in [-0.4, -0.2) is 35.5 Å². The summed E-state index contributed by atoms with van der Waals surface area (Å²) in [6, 6.07) is 5.94. The zero-order valence-corrected chi connectivity index (χ0v) is 19.9. The van der Waals surface area contributed by atoms with Crippen LogP contribution in [0.25, 0.3) is 0 Å². The lowest BCUT2D eigenvalue weighted by molar-refractivity contribution is 0.101. The number of amides is 1. The first-order valence-corrected chi connectivity index (χ1v) is 10.8. The van der Waals surface area contributed by atoms with Crippen LogP contribution >= 0.6 is 0 Å². The van der Waals surface area contributed by atoms with Crippen molar-refractivity contribution in [3.63, 3.8) is 0 Å². The van der Waals surface area contributed by atoms with Crippen LogP contribution < -0.4 is 10.9 Å². The lowest BCUT2D eigenvalue weighted by Gasteiger charge is -2.26. The molecule has 0 saturated heterocycles. The van der Waals surface area contributed by atoms with Gasteiger partial charge >= 0.3 is 0 Å². The van der Waals surface area contributed by atoms with E-state index in [4.69, 9.17) is 0 Å². The number of hydrogen-bond acceptors (Lipinski definition) is 8. The number of aromatic hydroxyl groups is 1. The molecule has 2 N–H and O–H groups in total. The number of nitrogens with one attached hydrogen (secondary N) is 1. The standard InChI is InChI=1S/C24H22FN7O4/c1-12(19(18-10-31(3)30-13(18)2)17-7-15(25)6-5-14(17)8-26)22-29-20(21(33)24(35)32(22)4)23(34)28-16-9-27-36-11-16/h5-7,9-12,19,33H,1-4H3,(H,28,34)/t12-,19+/m1/s1. The van der Waals surface area contributed by atoms with Crippen molar-refractivity contribution in [1.29, 1.82) is 5.26 Å². The maximum atomic E-state index is 14.4. The zero-order chi connectivity index (χ0) is 26.1. The highest BCUT2D eigenvalue weighted by Crippen LogP contribution is 2.40. The van der Waals surface area contributed by atoms with Gasteiger partial charge in [-0.2, -0.15) is 10.4 Å². The highest BCUT2D eigenvalue weighted by Gasteiger charge is 2.32. The first-order valence-electron chi connectivity index (χ1n) is 10.8. The molecule has 3 aromatic heterocycles. The van der Waals surface area contributed by atoms with Crippen molar-refractivity contribution in [1.82, 2.24) is 24.5 Å². The molecule has 0 unspecified atom stereocenters. The van der Waals surface area contributed by atoms with Crippen molar-refractivity contribution >= 4 is 11.6 Å². The van der Waals surface area contributed by atoms with Crippen LogP contribution in [0.5, 0.6) is 5.75 Å². The fraction of sp³-hybridized carbons (Fsp3) is 0.250. The average molecular weight is 491 g/mol. The first kappa shape index (κ1) is 24.3. The number of carbonyl (C=O) groups is 1. The van der Waals surface area contributed by atoms with Crippen LogP contribution in [0.15, 0.2) is 46.2 Å². The molecule has 36 heavy (non-hydrogen) atoms. The number of anilines is 1. The zero-order valence-electron chi connectivity index (χ0n) is 19.9. The topological polar surface area (TPSA) is 152 Å². The number of nitrogens with zero attached hydrogens (tertiary/aromatic N) is 6. The molecule has 2 atom stereocenters. The van der Waals surface area contributed by atoms with Gasteiger partial charge in [0.2, 0.25) is 5.75 Å². The van der Waals surface area contributed by atoms with Crippen LogP contribution in [0.4, 0.5) is 10.1 Å². The lowest BCUT2D eigenvalue weighted by atomic mass is 9.79. The van der Waals surface area contributed by atoms with E-state index in [1.54, 1.807) is 31.8 Å². The molecule has 184 valence electrons. The second kappa shape index (κ2) is 9.46. The van der Waals surface area contributed by atoms with Gasteiger partial charge in [0, 0.05) is 37.7 Å². The Hall–Kier alpha value is -4.79. The number of nitriles is 1. The molecule has 0 spiro atoms. The molecule has 0 aliphatic rings. The highest BCUT2D eigenvalue weighted by atomic mass is 19.1. The molecule has 4 rings (SSSR count). The summed E-state index contributed by atoms with van der Waals surface area (Å²) >= 11 is 0. The molecular formula is C24H22FN7O4. The van der Waals surface area contributed by atoms with E-state index >= 15 is 0 Å². The smallest absolute Gasteiger partial charge is 0.296 e. The van der Waals surface area contributed by atoms with Gasteiger partial charge in [-0.25, -0.2) is 9.37 Å². The van der Waals surface area contributed by atoms with E-state index in [2.05, 4.69) is 31.1 Å². The number of halogens is 1. The molecule has 0 aliphatic carbocycles. The molecule has 0 aliphatic heterocycles. The Morgan fingerprint density at radius 3 is 2.67 bits per heavy atom. The van der Waals surface area contributed by atoms with Gasteiger partial charge in [0.15, 0.2) is 5.69 Å². The normalized spacial score (nSPS) is 12.7. The lowest BCUT2D eigenvalue weighted by Crippen LogP contribution is -2.29. The molecule has 0 fully saturated rings. The predicted octanol–water partition coefficient (Wildman–Crippen LogP) is 2.71. The van der Waals surface area contributed by atoms with Gasteiger partial charge in [-0.3, -0.25) is 18.8 Å².